The van der Waals surface area contributed by atoms with Gasteiger partial charge in [-0.2, -0.15) is 4.98 Å². The van der Waals surface area contributed by atoms with E-state index in [1.807, 2.05) is 25.9 Å². The van der Waals surface area contributed by atoms with Crippen LogP contribution in [0.5, 0.6) is 5.75 Å². The van der Waals surface area contributed by atoms with Crippen LogP contribution in [0.3, 0.4) is 0 Å². The van der Waals surface area contributed by atoms with E-state index in [-0.39, 0.29) is 30.1 Å². The van der Waals surface area contributed by atoms with E-state index in [4.69, 9.17) is 0 Å². The Kier molecular flexibility index (Phi) is 8.54. The normalized spacial score (nSPS) is 18.3. The molecule has 0 aliphatic heterocycles. The number of anilines is 2. The number of nitrogens with one attached hydrogen (secondary N) is 2. The molecule has 0 bridgehead atoms. The Bertz CT molecular complexity index is 919. The summed E-state index contributed by atoms with van der Waals surface area (Å²) in [7, 11) is 3.86. The number of aryl methyl sites for hydroxylation is 1. The molecule has 1 saturated carbocycles. The fraction of sp³-hybridized carbons (Fsp3) is 0.476. The monoisotopic (exact) mass is 473 g/mol. The predicted octanol–water partition coefficient (Wildman–Crippen LogP) is 4.32. The topological polar surface area (TPSA) is 79.4 Å². The molecule has 1 aliphatic rings. The molecule has 2 N–H and O–H groups in total. The van der Waals surface area contributed by atoms with Gasteiger partial charge in [-0.25, -0.2) is 4.98 Å². The Hall–Kier alpha value is -2.75. The third kappa shape index (κ3) is 7.15. The van der Waals surface area contributed by atoms with Gasteiger partial charge in [0, 0.05) is 43.5 Å². The van der Waals surface area contributed by atoms with Crippen LogP contribution >= 0.6 is 12.4 Å². The second-order valence-corrected chi connectivity index (χ2v) is 7.84. The maximum absolute atomic E-state index is 12.4. The molecule has 1 aromatic carbocycles. The number of amides is 1. The number of ether oxygens (including phenoxy) is 1. The van der Waals surface area contributed by atoms with E-state index < -0.39 is 18.0 Å². The first-order chi connectivity index (χ1) is 14.6. The lowest BCUT2D eigenvalue weighted by molar-refractivity contribution is -0.274. The maximum Gasteiger partial charge on any atom is 0.573 e. The van der Waals surface area contributed by atoms with Crippen LogP contribution in [0.25, 0.3) is 0 Å². The maximum atomic E-state index is 12.4. The van der Waals surface area contributed by atoms with E-state index in [1.165, 1.54) is 12.1 Å². The molecule has 7 nitrogen and oxygen atoms in total. The zero-order chi connectivity index (χ0) is 22.6. The van der Waals surface area contributed by atoms with Crippen LogP contribution in [0.1, 0.15) is 41.6 Å². The molecule has 0 atom stereocenters. The largest absolute Gasteiger partial charge is 0.573 e. The molecule has 176 valence electrons. The Labute approximate surface area is 191 Å². The van der Waals surface area contributed by atoms with Gasteiger partial charge < -0.3 is 20.3 Å². The van der Waals surface area contributed by atoms with E-state index in [2.05, 4.69) is 25.3 Å². The van der Waals surface area contributed by atoms with Crippen molar-refractivity contribution >= 4 is 30.1 Å². The zero-order valence-electron chi connectivity index (χ0n) is 18.1. The van der Waals surface area contributed by atoms with Gasteiger partial charge in [-0.15, -0.1) is 25.6 Å². The van der Waals surface area contributed by atoms with Gasteiger partial charge >= 0.3 is 6.36 Å². The van der Waals surface area contributed by atoms with Crippen LogP contribution in [0.15, 0.2) is 30.5 Å². The molecule has 0 unspecified atom stereocenters. The fourth-order valence-electron chi connectivity index (χ4n) is 3.62. The molecule has 3 rings (SSSR count). The van der Waals surface area contributed by atoms with Crippen molar-refractivity contribution in [3.05, 3.63) is 41.6 Å². The molecule has 2 aromatic rings. The molecular weight excluding hydrogens is 447 g/mol. The Balaban J connectivity index is 0.00000363. The zero-order valence-corrected chi connectivity index (χ0v) is 18.9. The summed E-state index contributed by atoms with van der Waals surface area (Å²) in [4.78, 5) is 23.3. The van der Waals surface area contributed by atoms with Gasteiger partial charge in [0.1, 0.15) is 11.6 Å². The highest BCUT2D eigenvalue weighted by Crippen LogP contribution is 2.25. The number of aromatic nitrogens is 2. The first-order valence-electron chi connectivity index (χ1n) is 10.0. The molecule has 11 heteroatoms. The molecule has 1 aliphatic carbocycles. The average Bonchev–Trinajstić information content (AvgIpc) is 2.69. The molecular formula is C21H27ClF3N5O2. The minimum Gasteiger partial charge on any atom is -0.406 e. The lowest BCUT2D eigenvalue weighted by Gasteiger charge is -2.30. The number of alkyl halides is 3. The van der Waals surface area contributed by atoms with Crippen LogP contribution in [0, 0.1) is 6.92 Å². The van der Waals surface area contributed by atoms with Gasteiger partial charge in [-0.3, -0.25) is 4.79 Å². The Morgan fingerprint density at radius 2 is 1.81 bits per heavy atom. The summed E-state index contributed by atoms with van der Waals surface area (Å²) in [6, 6.07) is 5.22. The van der Waals surface area contributed by atoms with Crippen molar-refractivity contribution in [3.8, 4) is 5.75 Å². The van der Waals surface area contributed by atoms with Gasteiger partial charge in [-0.05, 0) is 50.8 Å². The smallest absolute Gasteiger partial charge is 0.406 e. The number of halogens is 4. The van der Waals surface area contributed by atoms with Crippen molar-refractivity contribution < 1.29 is 22.7 Å². The van der Waals surface area contributed by atoms with Crippen molar-refractivity contribution in [1.29, 1.82) is 0 Å². The van der Waals surface area contributed by atoms with Gasteiger partial charge in [0.2, 0.25) is 5.95 Å². The van der Waals surface area contributed by atoms with Crippen LogP contribution in [0.4, 0.5) is 24.9 Å². The summed E-state index contributed by atoms with van der Waals surface area (Å²) < 4.78 is 41.0. The highest BCUT2D eigenvalue weighted by atomic mass is 35.5. The Morgan fingerprint density at radius 1 is 1.16 bits per heavy atom. The van der Waals surface area contributed by atoms with Gasteiger partial charge in [0.25, 0.3) is 5.91 Å². The van der Waals surface area contributed by atoms with Crippen LogP contribution in [0.2, 0.25) is 0 Å². The van der Waals surface area contributed by atoms with Crippen molar-refractivity contribution in [2.75, 3.05) is 24.3 Å². The van der Waals surface area contributed by atoms with Crippen molar-refractivity contribution in [3.63, 3.8) is 0 Å². The van der Waals surface area contributed by atoms with E-state index in [0.29, 0.717) is 5.95 Å². The minimum absolute atomic E-state index is 0. The standard InChI is InChI=1S/C21H26F3N5O2.ClH/c1-13-12-25-20(28-18(13)29(2)3)27-16-9-7-15(8-10-16)26-19(30)14-5-4-6-17(11-14)31-21(22,23)24;/h4-6,11-12,15-16H,7-10H2,1-3H3,(H,26,30)(H,25,27,28);1H. The second-order valence-electron chi connectivity index (χ2n) is 7.84. The van der Waals surface area contributed by atoms with Crippen molar-refractivity contribution in [2.24, 2.45) is 0 Å². The lowest BCUT2D eigenvalue weighted by Crippen LogP contribution is -2.40. The summed E-state index contributed by atoms with van der Waals surface area (Å²) in [6.45, 7) is 1.96. The number of hydrogen-bond donors (Lipinski definition) is 2. The van der Waals surface area contributed by atoms with Crippen molar-refractivity contribution in [2.45, 2.75) is 51.1 Å². The summed E-state index contributed by atoms with van der Waals surface area (Å²) >= 11 is 0. The molecule has 0 spiro atoms. The van der Waals surface area contributed by atoms with Gasteiger partial charge in [-0.1, -0.05) is 6.07 Å². The second kappa shape index (κ2) is 10.7. The molecule has 0 saturated heterocycles. The van der Waals surface area contributed by atoms with Crippen LogP contribution in [-0.4, -0.2) is 48.4 Å². The highest BCUT2D eigenvalue weighted by Gasteiger charge is 2.31. The number of nitrogens with zero attached hydrogens (tertiary/aromatic N) is 3. The summed E-state index contributed by atoms with van der Waals surface area (Å²) in [5.74, 6) is 0.600. The number of hydrogen-bond acceptors (Lipinski definition) is 6. The van der Waals surface area contributed by atoms with Gasteiger partial charge in [0.05, 0.1) is 0 Å². The number of carbonyl (C=O) groups excluding carboxylic acids is 1. The quantitative estimate of drug-likeness (QED) is 0.650. The number of benzene rings is 1. The molecule has 1 heterocycles. The number of rotatable bonds is 6. The minimum atomic E-state index is -4.80. The summed E-state index contributed by atoms with van der Waals surface area (Å²) in [5, 5.41) is 6.25. The van der Waals surface area contributed by atoms with Crippen molar-refractivity contribution in [1.82, 2.24) is 15.3 Å². The first kappa shape index (κ1) is 25.5. The van der Waals surface area contributed by atoms with E-state index >= 15 is 0 Å². The fourth-order valence-corrected chi connectivity index (χ4v) is 3.62. The van der Waals surface area contributed by atoms with E-state index in [1.54, 1.807) is 6.20 Å². The van der Waals surface area contributed by atoms with E-state index in [0.717, 1.165) is 49.2 Å². The lowest BCUT2D eigenvalue weighted by atomic mass is 9.91. The molecule has 1 fully saturated rings. The predicted molar refractivity (Wildman–Crippen MR) is 119 cm³/mol. The van der Waals surface area contributed by atoms with E-state index in [9.17, 15) is 18.0 Å². The molecule has 1 amide bonds. The molecule has 0 radical (unpaired) electrons. The Morgan fingerprint density at radius 3 is 2.44 bits per heavy atom. The average molecular weight is 474 g/mol. The summed E-state index contributed by atoms with van der Waals surface area (Å²) in [6.07, 6.45) is 0.110. The van der Waals surface area contributed by atoms with Crippen LogP contribution in [-0.2, 0) is 0 Å². The van der Waals surface area contributed by atoms with Crippen LogP contribution < -0.4 is 20.3 Å². The number of carbonyl (C=O) groups is 1. The third-order valence-electron chi connectivity index (χ3n) is 5.09. The first-order valence-corrected chi connectivity index (χ1v) is 10.0. The SMILES string of the molecule is Cc1cnc(NC2CCC(NC(=O)c3cccc(OC(F)(F)F)c3)CC2)nc1N(C)C.Cl. The molecule has 32 heavy (non-hydrogen) atoms. The van der Waals surface area contributed by atoms with Gasteiger partial charge in [0.15, 0.2) is 0 Å². The molecule has 1 aromatic heterocycles. The highest BCUT2D eigenvalue weighted by molar-refractivity contribution is 5.94. The summed E-state index contributed by atoms with van der Waals surface area (Å²) in [5.41, 5.74) is 1.12. The third-order valence-corrected chi connectivity index (χ3v) is 5.09.